The second kappa shape index (κ2) is 9.84. The molecule has 1 unspecified atom stereocenters. The molecule has 0 radical (unpaired) electrons. The molecule has 1 aliphatic rings. The smallest absolute Gasteiger partial charge is 0.267 e. The van der Waals surface area contributed by atoms with Gasteiger partial charge in [0.2, 0.25) is 0 Å². The molecule has 30 heavy (non-hydrogen) atoms. The van der Waals surface area contributed by atoms with Crippen molar-refractivity contribution in [2.75, 3.05) is 19.5 Å². The SMILES string of the molecule is COc1ccc(NC(=O)/C(C#N)=C\NC(C)c2ccc3c(c2)CCCC3)cc1OC. The molecule has 2 aromatic rings. The molecule has 6 heteroatoms. The Morgan fingerprint density at radius 2 is 1.80 bits per heavy atom. The summed E-state index contributed by atoms with van der Waals surface area (Å²) in [5, 5.41) is 15.3. The number of nitrogens with zero attached hydrogens (tertiary/aromatic N) is 1. The molecule has 2 aromatic carbocycles. The summed E-state index contributed by atoms with van der Waals surface area (Å²) < 4.78 is 10.4. The monoisotopic (exact) mass is 405 g/mol. The molecule has 1 aliphatic carbocycles. The van der Waals surface area contributed by atoms with E-state index in [9.17, 15) is 10.1 Å². The van der Waals surface area contributed by atoms with E-state index in [1.54, 1.807) is 25.3 Å². The van der Waals surface area contributed by atoms with Gasteiger partial charge in [-0.2, -0.15) is 5.26 Å². The van der Waals surface area contributed by atoms with E-state index in [4.69, 9.17) is 9.47 Å². The van der Waals surface area contributed by atoms with Crippen molar-refractivity contribution >= 4 is 11.6 Å². The number of ether oxygens (including phenoxy) is 2. The molecule has 1 atom stereocenters. The predicted octanol–water partition coefficient (Wildman–Crippen LogP) is 4.28. The van der Waals surface area contributed by atoms with Gasteiger partial charge in [0.15, 0.2) is 11.5 Å². The highest BCUT2D eigenvalue weighted by atomic mass is 16.5. The van der Waals surface area contributed by atoms with E-state index in [2.05, 4.69) is 28.8 Å². The summed E-state index contributed by atoms with van der Waals surface area (Å²) in [6.45, 7) is 2.02. The number of aryl methyl sites for hydroxylation is 2. The van der Waals surface area contributed by atoms with Gasteiger partial charge < -0.3 is 20.1 Å². The van der Waals surface area contributed by atoms with Gasteiger partial charge in [0.1, 0.15) is 11.6 Å². The van der Waals surface area contributed by atoms with Crippen LogP contribution < -0.4 is 20.1 Å². The zero-order valence-electron chi connectivity index (χ0n) is 17.6. The number of carbonyl (C=O) groups is 1. The molecule has 0 saturated carbocycles. The van der Waals surface area contributed by atoms with Gasteiger partial charge in [0.25, 0.3) is 5.91 Å². The summed E-state index contributed by atoms with van der Waals surface area (Å²) in [5.74, 6) is 0.568. The summed E-state index contributed by atoms with van der Waals surface area (Å²) in [4.78, 5) is 12.5. The molecule has 1 amide bonds. The second-order valence-corrected chi connectivity index (χ2v) is 7.32. The zero-order chi connectivity index (χ0) is 21.5. The molecule has 0 heterocycles. The Bertz CT molecular complexity index is 992. The number of carbonyl (C=O) groups excluding carboxylic acids is 1. The zero-order valence-corrected chi connectivity index (χ0v) is 17.6. The molecule has 6 nitrogen and oxygen atoms in total. The minimum atomic E-state index is -0.491. The lowest BCUT2D eigenvalue weighted by Crippen LogP contribution is -2.19. The Morgan fingerprint density at radius 3 is 2.50 bits per heavy atom. The quantitative estimate of drug-likeness (QED) is 0.531. The Kier molecular flexibility index (Phi) is 6.97. The summed E-state index contributed by atoms with van der Waals surface area (Å²) in [6, 6.07) is 13.5. The molecule has 156 valence electrons. The lowest BCUT2D eigenvalue weighted by molar-refractivity contribution is -0.112. The van der Waals surface area contributed by atoms with E-state index < -0.39 is 5.91 Å². The van der Waals surface area contributed by atoms with Gasteiger partial charge in [0.05, 0.1) is 14.2 Å². The fourth-order valence-corrected chi connectivity index (χ4v) is 3.59. The fraction of sp³-hybridized carbons (Fsp3) is 0.333. The van der Waals surface area contributed by atoms with Gasteiger partial charge in [0, 0.05) is 24.0 Å². The number of fused-ring (bicyclic) bond motifs is 1. The molecule has 3 rings (SSSR count). The Hall–Kier alpha value is -3.46. The average molecular weight is 405 g/mol. The van der Waals surface area contributed by atoms with Crippen molar-refractivity contribution in [3.63, 3.8) is 0 Å². The summed E-state index contributed by atoms with van der Waals surface area (Å²) >= 11 is 0. The van der Waals surface area contributed by atoms with Crippen molar-refractivity contribution in [2.24, 2.45) is 0 Å². The van der Waals surface area contributed by atoms with Crippen LogP contribution in [0.3, 0.4) is 0 Å². The van der Waals surface area contributed by atoms with Crippen LogP contribution in [0.2, 0.25) is 0 Å². The number of nitriles is 1. The number of hydrogen-bond acceptors (Lipinski definition) is 5. The van der Waals surface area contributed by atoms with Crippen molar-refractivity contribution in [1.82, 2.24) is 5.32 Å². The van der Waals surface area contributed by atoms with Crippen LogP contribution in [0.5, 0.6) is 11.5 Å². The third kappa shape index (κ3) is 4.93. The Morgan fingerprint density at radius 1 is 1.07 bits per heavy atom. The van der Waals surface area contributed by atoms with E-state index in [-0.39, 0.29) is 11.6 Å². The van der Waals surface area contributed by atoms with Crippen LogP contribution in [0.15, 0.2) is 48.2 Å². The third-order valence-electron chi connectivity index (χ3n) is 5.36. The number of benzene rings is 2. The number of hydrogen-bond donors (Lipinski definition) is 2. The van der Waals surface area contributed by atoms with Gasteiger partial charge in [-0.3, -0.25) is 4.79 Å². The molecular weight excluding hydrogens is 378 g/mol. The van der Waals surface area contributed by atoms with E-state index in [1.807, 2.05) is 13.0 Å². The summed E-state index contributed by atoms with van der Waals surface area (Å²) in [6.07, 6.45) is 6.21. The van der Waals surface area contributed by atoms with Crippen LogP contribution in [0.4, 0.5) is 5.69 Å². The molecule has 2 N–H and O–H groups in total. The highest BCUT2D eigenvalue weighted by Gasteiger charge is 2.14. The van der Waals surface area contributed by atoms with Crippen LogP contribution >= 0.6 is 0 Å². The molecule has 0 saturated heterocycles. The van der Waals surface area contributed by atoms with Gasteiger partial charge in [-0.1, -0.05) is 18.2 Å². The lowest BCUT2D eigenvalue weighted by Gasteiger charge is -2.19. The minimum absolute atomic E-state index is 0.00500. The number of methoxy groups -OCH3 is 2. The van der Waals surface area contributed by atoms with Crippen molar-refractivity contribution in [2.45, 2.75) is 38.6 Å². The molecule has 0 spiro atoms. The largest absolute Gasteiger partial charge is 0.493 e. The van der Waals surface area contributed by atoms with Crippen molar-refractivity contribution < 1.29 is 14.3 Å². The van der Waals surface area contributed by atoms with Crippen LogP contribution in [-0.4, -0.2) is 20.1 Å². The molecule has 0 aromatic heterocycles. The summed E-state index contributed by atoms with van der Waals surface area (Å²) in [7, 11) is 3.07. The van der Waals surface area contributed by atoms with Crippen LogP contribution in [0.25, 0.3) is 0 Å². The van der Waals surface area contributed by atoms with Crippen LogP contribution in [0, 0.1) is 11.3 Å². The van der Waals surface area contributed by atoms with Crippen molar-refractivity contribution in [1.29, 1.82) is 5.26 Å². The first-order valence-corrected chi connectivity index (χ1v) is 10.1. The van der Waals surface area contributed by atoms with Gasteiger partial charge >= 0.3 is 0 Å². The van der Waals surface area contributed by atoms with E-state index >= 15 is 0 Å². The second-order valence-electron chi connectivity index (χ2n) is 7.32. The fourth-order valence-electron chi connectivity index (χ4n) is 3.59. The van der Waals surface area contributed by atoms with E-state index in [1.165, 1.54) is 37.3 Å². The Labute approximate surface area is 177 Å². The van der Waals surface area contributed by atoms with Crippen molar-refractivity contribution in [3.8, 4) is 17.6 Å². The van der Waals surface area contributed by atoms with Crippen LogP contribution in [-0.2, 0) is 17.6 Å². The molecule has 0 aliphatic heterocycles. The average Bonchev–Trinajstić information content (AvgIpc) is 2.78. The standard InChI is InChI=1S/C24H27N3O3/c1-16(18-9-8-17-6-4-5-7-19(17)12-18)26-15-20(14-25)24(28)27-21-10-11-22(29-2)23(13-21)30-3/h8-13,15-16,26H,4-7H2,1-3H3,(H,27,28)/b20-15-. The van der Waals surface area contributed by atoms with Gasteiger partial charge in [-0.05, 0) is 61.4 Å². The Balaban J connectivity index is 1.68. The maximum atomic E-state index is 12.5. The topological polar surface area (TPSA) is 83.4 Å². The maximum absolute atomic E-state index is 12.5. The van der Waals surface area contributed by atoms with Crippen LogP contribution in [0.1, 0.15) is 42.5 Å². The summed E-state index contributed by atoms with van der Waals surface area (Å²) in [5.41, 5.74) is 4.49. The van der Waals surface area contributed by atoms with Crippen molar-refractivity contribution in [3.05, 3.63) is 64.9 Å². The van der Waals surface area contributed by atoms with E-state index in [0.29, 0.717) is 17.2 Å². The number of anilines is 1. The highest BCUT2D eigenvalue weighted by molar-refractivity contribution is 6.06. The highest BCUT2D eigenvalue weighted by Crippen LogP contribution is 2.30. The lowest BCUT2D eigenvalue weighted by atomic mass is 9.89. The predicted molar refractivity (Wildman–Crippen MR) is 117 cm³/mol. The first-order chi connectivity index (χ1) is 14.5. The number of amides is 1. The molecule has 0 fully saturated rings. The molecule has 0 bridgehead atoms. The first-order valence-electron chi connectivity index (χ1n) is 10.1. The van der Waals surface area contributed by atoms with Gasteiger partial charge in [-0.15, -0.1) is 0 Å². The normalized spacial score (nSPS) is 14.1. The number of nitrogens with one attached hydrogen (secondary N) is 2. The maximum Gasteiger partial charge on any atom is 0.267 e. The third-order valence-corrected chi connectivity index (χ3v) is 5.36. The molecular formula is C24H27N3O3. The van der Waals surface area contributed by atoms with E-state index in [0.717, 1.165) is 18.4 Å². The number of rotatable bonds is 7. The van der Waals surface area contributed by atoms with Gasteiger partial charge in [-0.25, -0.2) is 0 Å². The first kappa shape index (κ1) is 21.3. The minimum Gasteiger partial charge on any atom is -0.493 e.